The summed E-state index contributed by atoms with van der Waals surface area (Å²) in [6, 6.07) is 10.3. The molecule has 12 heteroatoms. The van der Waals surface area contributed by atoms with E-state index in [1.165, 1.54) is 35.8 Å². The Hall–Kier alpha value is -5.10. The maximum Gasteiger partial charge on any atom is 0.290 e. The molecule has 6 rings (SSSR count). The number of carbonyl (C=O) groups excluding carboxylic acids is 1. The first-order chi connectivity index (χ1) is 21.9. The largest absolute Gasteiger partial charge is 0.336 e. The Morgan fingerprint density at radius 2 is 1.80 bits per heavy atom. The molecule has 0 aliphatic carbocycles. The highest BCUT2D eigenvalue weighted by Crippen LogP contribution is 2.30. The molecule has 1 fully saturated rings. The molecule has 46 heavy (non-hydrogen) atoms. The Bertz CT molecular complexity index is 2070. The first-order valence-electron chi connectivity index (χ1n) is 15.2. The van der Waals surface area contributed by atoms with Crippen LogP contribution in [0.1, 0.15) is 61.0 Å². The number of rotatable bonds is 6. The molecular formula is C34H36FN9O2. The van der Waals surface area contributed by atoms with E-state index in [9.17, 15) is 9.59 Å². The van der Waals surface area contributed by atoms with E-state index in [-0.39, 0.29) is 38.9 Å². The van der Waals surface area contributed by atoms with Gasteiger partial charge in [-0.3, -0.25) is 15.0 Å². The van der Waals surface area contributed by atoms with Crippen LogP contribution in [0.2, 0.25) is 0 Å². The molecule has 1 aliphatic heterocycles. The second kappa shape index (κ2) is 12.0. The van der Waals surface area contributed by atoms with Crippen molar-refractivity contribution < 1.29 is 9.18 Å². The summed E-state index contributed by atoms with van der Waals surface area (Å²) < 4.78 is 17.7. The number of piperidine rings is 1. The van der Waals surface area contributed by atoms with Crippen molar-refractivity contribution >= 4 is 28.6 Å². The second-order valence-corrected chi connectivity index (χ2v) is 12.8. The quantitative estimate of drug-likeness (QED) is 0.257. The molecule has 5 heterocycles. The van der Waals surface area contributed by atoms with Crippen molar-refractivity contribution in [3.05, 3.63) is 93.3 Å². The first kappa shape index (κ1) is 30.9. The minimum absolute atomic E-state index is 0.0371. The van der Waals surface area contributed by atoms with Crippen molar-refractivity contribution in [3.63, 3.8) is 0 Å². The predicted octanol–water partition coefficient (Wildman–Crippen LogP) is 4.86. The molecule has 0 saturated carbocycles. The summed E-state index contributed by atoms with van der Waals surface area (Å²) in [5, 5.41) is 21.3. The van der Waals surface area contributed by atoms with Crippen molar-refractivity contribution in [1.29, 1.82) is 5.41 Å². The van der Waals surface area contributed by atoms with Gasteiger partial charge in [-0.1, -0.05) is 26.8 Å². The van der Waals surface area contributed by atoms with Gasteiger partial charge in [-0.05, 0) is 85.8 Å². The van der Waals surface area contributed by atoms with Crippen LogP contribution in [0.5, 0.6) is 0 Å². The average Bonchev–Trinajstić information content (AvgIpc) is 3.03. The van der Waals surface area contributed by atoms with Gasteiger partial charge >= 0.3 is 0 Å². The Balaban J connectivity index is 1.37. The third-order valence-electron chi connectivity index (χ3n) is 8.61. The SMILES string of the molecule is CN1CCC(c2ccc(Nc3cc(-c4ccnc(-n5ncc6cc(C(C)(C)C)cc(F)c6c5=N)c4C=O)nn(C)c3=O)nc2)CC1. The van der Waals surface area contributed by atoms with Crippen LogP contribution < -0.4 is 16.4 Å². The van der Waals surface area contributed by atoms with Crippen molar-refractivity contribution in [2.45, 2.75) is 44.9 Å². The summed E-state index contributed by atoms with van der Waals surface area (Å²) >= 11 is 0. The summed E-state index contributed by atoms with van der Waals surface area (Å²) in [6.07, 6.45) is 7.52. The normalized spacial score (nSPS) is 14.5. The first-order valence-corrected chi connectivity index (χ1v) is 15.2. The zero-order chi connectivity index (χ0) is 32.7. The van der Waals surface area contributed by atoms with E-state index in [0.29, 0.717) is 34.7 Å². The molecule has 11 nitrogen and oxygen atoms in total. The van der Waals surface area contributed by atoms with Gasteiger partial charge in [0, 0.05) is 30.4 Å². The smallest absolute Gasteiger partial charge is 0.290 e. The van der Waals surface area contributed by atoms with Gasteiger partial charge in [-0.15, -0.1) is 0 Å². The zero-order valence-corrected chi connectivity index (χ0v) is 26.5. The fourth-order valence-corrected chi connectivity index (χ4v) is 5.86. The van der Waals surface area contributed by atoms with Gasteiger partial charge in [0.2, 0.25) is 0 Å². The second-order valence-electron chi connectivity index (χ2n) is 12.8. The molecule has 236 valence electrons. The molecule has 1 saturated heterocycles. The molecule has 1 aliphatic rings. The van der Waals surface area contributed by atoms with Crippen LogP contribution in [0, 0.1) is 11.2 Å². The highest BCUT2D eigenvalue weighted by atomic mass is 19.1. The maximum absolute atomic E-state index is 15.4. The Labute approximate surface area is 265 Å². The Morgan fingerprint density at radius 3 is 2.48 bits per heavy atom. The minimum atomic E-state index is -0.559. The lowest BCUT2D eigenvalue weighted by Crippen LogP contribution is -2.29. The highest BCUT2D eigenvalue weighted by molar-refractivity contribution is 5.91. The van der Waals surface area contributed by atoms with Crippen LogP contribution in [0.15, 0.2) is 59.8 Å². The molecule has 0 bridgehead atoms. The van der Waals surface area contributed by atoms with Crippen LogP contribution in [0.3, 0.4) is 0 Å². The van der Waals surface area contributed by atoms with E-state index in [1.807, 2.05) is 45.2 Å². The number of nitrogens with one attached hydrogen (secondary N) is 2. The van der Waals surface area contributed by atoms with Crippen LogP contribution in [0.4, 0.5) is 15.9 Å². The van der Waals surface area contributed by atoms with Crippen LogP contribution in [0.25, 0.3) is 27.8 Å². The lowest BCUT2D eigenvalue weighted by Gasteiger charge is -2.29. The summed E-state index contributed by atoms with van der Waals surface area (Å²) in [6.45, 7) is 8.04. The Morgan fingerprint density at radius 1 is 1.04 bits per heavy atom. The highest BCUT2D eigenvalue weighted by Gasteiger charge is 2.22. The standard InChI is InChI=1S/C34H36FN9O2/c1-34(2,3)23-14-22-18-39-44(31(36)30(22)26(35)15-23)32-25(19-45)24(8-11-37-32)27-16-28(33(46)43(5)41-27)40-29-7-6-21(17-38-29)20-9-12-42(4)13-10-20/h6-8,11,14-20,36H,9-10,12-13H2,1-5H3,(H,38,40). The molecule has 0 amide bonds. The van der Waals surface area contributed by atoms with Crippen molar-refractivity contribution in [3.8, 4) is 17.1 Å². The summed E-state index contributed by atoms with van der Waals surface area (Å²) in [5.74, 6) is 0.437. The lowest BCUT2D eigenvalue weighted by atomic mass is 9.86. The predicted molar refractivity (Wildman–Crippen MR) is 174 cm³/mol. The number of aryl methyl sites for hydroxylation is 1. The molecule has 5 aromatic rings. The molecule has 4 aromatic heterocycles. The van der Waals surface area contributed by atoms with Crippen LogP contribution in [-0.2, 0) is 12.5 Å². The zero-order valence-electron chi connectivity index (χ0n) is 26.5. The van der Waals surface area contributed by atoms with E-state index in [2.05, 4.69) is 37.4 Å². The molecule has 0 unspecified atom stereocenters. The Kier molecular flexibility index (Phi) is 8.07. The van der Waals surface area contributed by atoms with Crippen LogP contribution in [-0.4, -0.2) is 60.9 Å². The van der Waals surface area contributed by atoms with E-state index in [4.69, 9.17) is 5.41 Å². The number of nitrogens with zero attached hydrogens (tertiary/aromatic N) is 7. The number of pyridine rings is 2. The van der Waals surface area contributed by atoms with Gasteiger partial charge in [-0.2, -0.15) is 14.9 Å². The molecule has 0 radical (unpaired) electrons. The number of hydrogen-bond acceptors (Lipinski definition) is 9. The summed E-state index contributed by atoms with van der Waals surface area (Å²) in [7, 11) is 3.65. The molecule has 0 atom stereocenters. The molecule has 2 N–H and O–H groups in total. The third kappa shape index (κ3) is 5.83. The van der Waals surface area contributed by atoms with E-state index in [0.717, 1.165) is 36.2 Å². The van der Waals surface area contributed by atoms with Crippen molar-refractivity contribution in [2.24, 2.45) is 7.05 Å². The van der Waals surface area contributed by atoms with Gasteiger partial charge in [-0.25, -0.2) is 19.0 Å². The van der Waals surface area contributed by atoms with E-state index < -0.39 is 5.82 Å². The number of aromatic nitrogens is 6. The summed E-state index contributed by atoms with van der Waals surface area (Å²) in [5.41, 5.74) is 1.99. The van der Waals surface area contributed by atoms with E-state index >= 15 is 4.39 Å². The number of hydrogen-bond donors (Lipinski definition) is 2. The molecular weight excluding hydrogens is 585 g/mol. The van der Waals surface area contributed by atoms with Crippen LogP contribution >= 0.6 is 0 Å². The van der Waals surface area contributed by atoms with Crippen molar-refractivity contribution in [2.75, 3.05) is 25.5 Å². The lowest BCUT2D eigenvalue weighted by molar-refractivity contribution is 0.112. The minimum Gasteiger partial charge on any atom is -0.336 e. The van der Waals surface area contributed by atoms with E-state index in [1.54, 1.807) is 12.1 Å². The fourth-order valence-electron chi connectivity index (χ4n) is 5.86. The fraction of sp³-hybridized carbons (Fsp3) is 0.324. The molecule has 1 aromatic carbocycles. The van der Waals surface area contributed by atoms with Gasteiger partial charge in [0.05, 0.1) is 22.8 Å². The topological polar surface area (TPSA) is 135 Å². The average molecular weight is 622 g/mol. The van der Waals surface area contributed by atoms with Gasteiger partial charge in [0.25, 0.3) is 5.56 Å². The number of anilines is 2. The van der Waals surface area contributed by atoms with Gasteiger partial charge in [0.15, 0.2) is 17.6 Å². The maximum atomic E-state index is 15.4. The number of benzene rings is 1. The van der Waals surface area contributed by atoms with Gasteiger partial charge in [0.1, 0.15) is 17.3 Å². The molecule has 0 spiro atoms. The number of carbonyl (C=O) groups is 1. The summed E-state index contributed by atoms with van der Waals surface area (Å²) in [4.78, 5) is 36.9. The monoisotopic (exact) mass is 621 g/mol. The number of fused-ring (bicyclic) bond motifs is 1. The van der Waals surface area contributed by atoms with Crippen molar-refractivity contribution in [1.82, 2.24) is 34.4 Å². The number of aldehydes is 1. The number of likely N-dealkylation sites (tertiary alicyclic amines) is 1. The number of halogens is 1. The van der Waals surface area contributed by atoms with Gasteiger partial charge < -0.3 is 10.2 Å². The third-order valence-corrected chi connectivity index (χ3v) is 8.61.